The molecule has 1 aromatic rings. The van der Waals surface area contributed by atoms with Crippen LogP contribution >= 0.6 is 0 Å². The first-order chi connectivity index (χ1) is 8.77. The lowest BCUT2D eigenvalue weighted by Gasteiger charge is -2.38. The third-order valence-corrected chi connectivity index (χ3v) is 3.73. The Balaban J connectivity index is 2.36. The molecule has 0 amide bonds. The topological polar surface area (TPSA) is 47.3 Å². The van der Waals surface area contributed by atoms with Gasteiger partial charge in [-0.3, -0.25) is 0 Å². The second kappa shape index (κ2) is 5.88. The van der Waals surface area contributed by atoms with Crippen LogP contribution in [-0.4, -0.2) is 24.3 Å². The predicted octanol–water partition coefficient (Wildman–Crippen LogP) is 2.61. The lowest BCUT2D eigenvalue weighted by molar-refractivity contribution is 0.262. The van der Waals surface area contributed by atoms with Gasteiger partial charge < -0.3 is 10.0 Å². The van der Waals surface area contributed by atoms with E-state index in [9.17, 15) is 10.4 Å². The zero-order valence-electron chi connectivity index (χ0n) is 10.9. The maximum atomic E-state index is 9.26. The summed E-state index contributed by atoms with van der Waals surface area (Å²) in [4.78, 5) is 2.33. The molecular formula is C15H20N2O. The van der Waals surface area contributed by atoms with Crippen LogP contribution in [0.15, 0.2) is 18.2 Å². The van der Waals surface area contributed by atoms with Gasteiger partial charge in [-0.15, -0.1) is 0 Å². The highest BCUT2D eigenvalue weighted by molar-refractivity contribution is 5.64. The molecule has 0 aliphatic carbocycles. The number of nitriles is 1. The zero-order chi connectivity index (χ0) is 13.0. The van der Waals surface area contributed by atoms with Crippen LogP contribution in [0, 0.1) is 18.3 Å². The van der Waals surface area contributed by atoms with Gasteiger partial charge in [0, 0.05) is 19.2 Å². The van der Waals surface area contributed by atoms with Crippen LogP contribution < -0.4 is 4.90 Å². The van der Waals surface area contributed by atoms with Crippen molar-refractivity contribution >= 4 is 5.69 Å². The van der Waals surface area contributed by atoms with Gasteiger partial charge in [0.2, 0.25) is 0 Å². The summed E-state index contributed by atoms with van der Waals surface area (Å²) in [5.74, 6) is 0. The number of rotatable bonds is 3. The number of aliphatic hydroxyl groups is 1. The summed E-state index contributed by atoms with van der Waals surface area (Å²) in [6, 6.07) is 8.54. The summed E-state index contributed by atoms with van der Waals surface area (Å²) >= 11 is 0. The standard InChI is InChI=1S/C15H20N2O/c1-12-5-4-6-13(11-16)15(12)17-9-3-2-7-14(17)8-10-18/h4-6,14,18H,2-3,7-10H2,1H3. The second-order valence-electron chi connectivity index (χ2n) is 4.94. The summed E-state index contributed by atoms with van der Waals surface area (Å²) in [5, 5.41) is 18.5. The number of piperidine rings is 1. The molecule has 96 valence electrons. The molecule has 0 bridgehead atoms. The highest BCUT2D eigenvalue weighted by Gasteiger charge is 2.25. The van der Waals surface area contributed by atoms with Crippen LogP contribution in [0.3, 0.4) is 0 Å². The minimum Gasteiger partial charge on any atom is -0.396 e. The fourth-order valence-electron chi connectivity index (χ4n) is 2.87. The Morgan fingerprint density at radius 1 is 1.44 bits per heavy atom. The number of nitrogens with zero attached hydrogens (tertiary/aromatic N) is 2. The van der Waals surface area contributed by atoms with Crippen molar-refractivity contribution in [1.29, 1.82) is 5.26 Å². The summed E-state index contributed by atoms with van der Waals surface area (Å²) in [5.41, 5.74) is 2.97. The Morgan fingerprint density at radius 2 is 2.28 bits per heavy atom. The van der Waals surface area contributed by atoms with E-state index in [1.165, 1.54) is 12.8 Å². The Kier molecular flexibility index (Phi) is 4.22. The molecule has 1 aliphatic heterocycles. The van der Waals surface area contributed by atoms with E-state index in [4.69, 9.17) is 0 Å². The molecule has 1 atom stereocenters. The van der Waals surface area contributed by atoms with E-state index in [-0.39, 0.29) is 6.61 Å². The fourth-order valence-corrected chi connectivity index (χ4v) is 2.87. The van der Waals surface area contributed by atoms with Gasteiger partial charge in [-0.05, 0) is 44.2 Å². The molecule has 0 saturated carbocycles. The van der Waals surface area contributed by atoms with E-state index < -0.39 is 0 Å². The number of aliphatic hydroxyl groups excluding tert-OH is 1. The van der Waals surface area contributed by atoms with Crippen molar-refractivity contribution in [1.82, 2.24) is 0 Å². The molecule has 1 fully saturated rings. The van der Waals surface area contributed by atoms with Crippen molar-refractivity contribution in [2.24, 2.45) is 0 Å². The van der Waals surface area contributed by atoms with Gasteiger partial charge in [0.25, 0.3) is 0 Å². The molecule has 0 spiro atoms. The number of hydrogen-bond acceptors (Lipinski definition) is 3. The smallest absolute Gasteiger partial charge is 0.101 e. The van der Waals surface area contributed by atoms with Crippen LogP contribution in [0.4, 0.5) is 5.69 Å². The quantitative estimate of drug-likeness (QED) is 0.889. The van der Waals surface area contributed by atoms with E-state index in [0.29, 0.717) is 6.04 Å². The molecule has 1 aromatic carbocycles. The van der Waals surface area contributed by atoms with E-state index in [2.05, 4.69) is 24.0 Å². The summed E-state index contributed by atoms with van der Waals surface area (Å²) in [6.07, 6.45) is 4.29. The van der Waals surface area contributed by atoms with Gasteiger partial charge in [0.05, 0.1) is 11.3 Å². The minimum absolute atomic E-state index is 0.217. The van der Waals surface area contributed by atoms with Gasteiger partial charge in [-0.2, -0.15) is 5.26 Å². The number of aryl methyl sites for hydroxylation is 1. The van der Waals surface area contributed by atoms with Crippen LogP contribution in [0.2, 0.25) is 0 Å². The second-order valence-corrected chi connectivity index (χ2v) is 4.94. The molecule has 1 heterocycles. The predicted molar refractivity (Wildman–Crippen MR) is 72.6 cm³/mol. The molecule has 1 N–H and O–H groups in total. The van der Waals surface area contributed by atoms with Crippen LogP contribution in [0.25, 0.3) is 0 Å². The fraction of sp³-hybridized carbons (Fsp3) is 0.533. The van der Waals surface area contributed by atoms with Gasteiger partial charge in [-0.25, -0.2) is 0 Å². The van der Waals surface area contributed by atoms with Crippen LogP contribution in [-0.2, 0) is 0 Å². The first-order valence-electron chi connectivity index (χ1n) is 6.65. The van der Waals surface area contributed by atoms with Crippen molar-refractivity contribution in [3.05, 3.63) is 29.3 Å². The average Bonchev–Trinajstić information content (AvgIpc) is 2.40. The Labute approximate surface area is 109 Å². The molecule has 1 aliphatic rings. The third kappa shape index (κ3) is 2.49. The number of para-hydroxylation sites is 1. The maximum Gasteiger partial charge on any atom is 0.101 e. The number of benzene rings is 1. The van der Waals surface area contributed by atoms with Crippen LogP contribution in [0.1, 0.15) is 36.8 Å². The highest BCUT2D eigenvalue weighted by atomic mass is 16.3. The molecular weight excluding hydrogens is 224 g/mol. The van der Waals surface area contributed by atoms with Crippen molar-refractivity contribution < 1.29 is 5.11 Å². The normalized spacial score (nSPS) is 19.6. The van der Waals surface area contributed by atoms with E-state index in [1.807, 2.05) is 12.1 Å². The molecule has 0 radical (unpaired) electrons. The first-order valence-corrected chi connectivity index (χ1v) is 6.65. The molecule has 3 heteroatoms. The van der Waals surface area contributed by atoms with Crippen molar-refractivity contribution in [2.75, 3.05) is 18.1 Å². The summed E-state index contributed by atoms with van der Waals surface area (Å²) < 4.78 is 0. The maximum absolute atomic E-state index is 9.26. The Bertz CT molecular complexity index is 448. The van der Waals surface area contributed by atoms with E-state index in [1.54, 1.807) is 0 Å². The van der Waals surface area contributed by atoms with Crippen molar-refractivity contribution in [3.63, 3.8) is 0 Å². The molecule has 0 aromatic heterocycles. The largest absolute Gasteiger partial charge is 0.396 e. The van der Waals surface area contributed by atoms with E-state index >= 15 is 0 Å². The zero-order valence-corrected chi connectivity index (χ0v) is 10.9. The number of hydrogen-bond donors (Lipinski definition) is 1. The Hall–Kier alpha value is -1.53. The third-order valence-electron chi connectivity index (χ3n) is 3.73. The SMILES string of the molecule is Cc1cccc(C#N)c1N1CCCCC1CCO. The molecule has 2 rings (SSSR count). The van der Waals surface area contributed by atoms with Gasteiger partial charge >= 0.3 is 0 Å². The van der Waals surface area contributed by atoms with Gasteiger partial charge in [0.15, 0.2) is 0 Å². The van der Waals surface area contributed by atoms with E-state index in [0.717, 1.165) is 36.2 Å². The average molecular weight is 244 g/mol. The number of anilines is 1. The molecule has 18 heavy (non-hydrogen) atoms. The van der Waals surface area contributed by atoms with Gasteiger partial charge in [0.1, 0.15) is 6.07 Å². The lowest BCUT2D eigenvalue weighted by atomic mass is 9.96. The van der Waals surface area contributed by atoms with Gasteiger partial charge in [-0.1, -0.05) is 12.1 Å². The van der Waals surface area contributed by atoms with Crippen molar-refractivity contribution in [2.45, 2.75) is 38.6 Å². The van der Waals surface area contributed by atoms with Crippen LogP contribution in [0.5, 0.6) is 0 Å². The monoisotopic (exact) mass is 244 g/mol. The molecule has 1 unspecified atom stereocenters. The Morgan fingerprint density at radius 3 is 3.00 bits per heavy atom. The lowest BCUT2D eigenvalue weighted by Crippen LogP contribution is -2.41. The first kappa shape index (κ1) is 12.9. The molecule has 3 nitrogen and oxygen atoms in total. The van der Waals surface area contributed by atoms with Crippen molar-refractivity contribution in [3.8, 4) is 6.07 Å². The summed E-state index contributed by atoms with van der Waals surface area (Å²) in [7, 11) is 0. The highest BCUT2D eigenvalue weighted by Crippen LogP contribution is 2.31. The molecule has 1 saturated heterocycles. The minimum atomic E-state index is 0.217. The summed E-state index contributed by atoms with van der Waals surface area (Å²) in [6.45, 7) is 3.26.